The second-order valence-corrected chi connectivity index (χ2v) is 30.4. The first-order valence-electron chi connectivity index (χ1n) is 37.7. The monoisotopic (exact) mass is 1630 g/mol. The van der Waals surface area contributed by atoms with Crippen LogP contribution in [-0.4, -0.2) is 260 Å². The molecule has 3 aliphatic heterocycles. The Labute approximate surface area is 678 Å². The highest BCUT2D eigenvalue weighted by molar-refractivity contribution is 7.12. The molecule has 7 heterocycles. The van der Waals surface area contributed by atoms with E-state index in [1.54, 1.807) is 80.3 Å². The maximum Gasteiger partial charge on any atom is 0.345 e. The number of benzene rings is 5. The van der Waals surface area contributed by atoms with E-state index in [4.69, 9.17) is 84.8 Å². The van der Waals surface area contributed by atoms with Gasteiger partial charge in [-0.1, -0.05) is 82.3 Å². The minimum absolute atomic E-state index is 0.0349. The summed E-state index contributed by atoms with van der Waals surface area (Å²) in [6.07, 6.45) is 2.37. The molecule has 0 unspecified atom stereocenters. The summed E-state index contributed by atoms with van der Waals surface area (Å²) >= 11 is 26.0. The van der Waals surface area contributed by atoms with Gasteiger partial charge >= 0.3 is 17.9 Å². The molecule has 3 aliphatic rings. The van der Waals surface area contributed by atoms with Crippen molar-refractivity contribution in [3.05, 3.63) is 179 Å². The molecule has 4 aromatic heterocycles. The fraction of sp³-hybridized carbons (Fsp3) is 0.410. The fourth-order valence-corrected chi connectivity index (χ4v) is 14.6. The van der Waals surface area contributed by atoms with Gasteiger partial charge in [-0.25, -0.2) is 29.3 Å². The molecule has 0 atom stereocenters. The molecule has 9 aromatic rings. The predicted octanol–water partition coefficient (Wildman–Crippen LogP) is 14.1. The Morgan fingerprint density at radius 1 is 0.411 bits per heavy atom. The highest BCUT2D eigenvalue weighted by atomic mass is 35.5. The number of amides is 3. The van der Waals surface area contributed by atoms with E-state index in [1.807, 2.05) is 125 Å². The molecule has 0 aliphatic carbocycles. The van der Waals surface area contributed by atoms with Crippen molar-refractivity contribution in [1.82, 2.24) is 44.4 Å². The Morgan fingerprint density at radius 2 is 0.804 bits per heavy atom. The van der Waals surface area contributed by atoms with Crippen LogP contribution in [0.15, 0.2) is 121 Å². The number of halogens is 4. The van der Waals surface area contributed by atoms with Crippen molar-refractivity contribution in [3.63, 3.8) is 0 Å². The van der Waals surface area contributed by atoms with Gasteiger partial charge in [0.2, 0.25) is 17.6 Å². The number of pyridine rings is 3. The number of fused-ring (bicyclic) bond motifs is 3. The van der Waals surface area contributed by atoms with Crippen LogP contribution in [0.5, 0.6) is 17.6 Å². The normalized spacial score (nSPS) is 13.8. The van der Waals surface area contributed by atoms with Gasteiger partial charge in [-0.3, -0.25) is 14.4 Å². The number of esters is 3. The molecule has 112 heavy (non-hydrogen) atoms. The summed E-state index contributed by atoms with van der Waals surface area (Å²) in [5.74, 6) is -0.721. The lowest BCUT2D eigenvalue weighted by Gasteiger charge is -2.37. The molecule has 24 nitrogen and oxygen atoms in total. The van der Waals surface area contributed by atoms with E-state index >= 15 is 0 Å². The van der Waals surface area contributed by atoms with Gasteiger partial charge < -0.3 is 72.5 Å². The van der Waals surface area contributed by atoms with Crippen molar-refractivity contribution in [2.45, 2.75) is 47.0 Å². The van der Waals surface area contributed by atoms with Gasteiger partial charge in [-0.05, 0) is 180 Å². The number of carbonyl (C=O) groups excluding carboxylic acids is 6. The summed E-state index contributed by atoms with van der Waals surface area (Å²) in [7, 11) is 12.0. The van der Waals surface area contributed by atoms with Gasteiger partial charge in [0.1, 0.15) is 16.7 Å². The Morgan fingerprint density at radius 3 is 1.23 bits per heavy atom. The van der Waals surface area contributed by atoms with Gasteiger partial charge in [0.15, 0.2) is 0 Å². The van der Waals surface area contributed by atoms with E-state index < -0.39 is 17.9 Å². The largest absolute Gasteiger partial charge is 0.477 e. The minimum atomic E-state index is -0.515. The van der Waals surface area contributed by atoms with Crippen molar-refractivity contribution >= 4 is 143 Å². The van der Waals surface area contributed by atoms with Crippen molar-refractivity contribution < 1.29 is 57.2 Å². The van der Waals surface area contributed by atoms with Crippen molar-refractivity contribution in [3.8, 4) is 17.6 Å². The summed E-state index contributed by atoms with van der Waals surface area (Å²) in [6, 6.07) is 34.7. The Hall–Kier alpha value is -9.31. The lowest BCUT2D eigenvalue weighted by molar-refractivity contribution is 0.0511. The van der Waals surface area contributed by atoms with E-state index in [-0.39, 0.29) is 54.9 Å². The number of anilines is 3. The molecule has 0 N–H and O–H groups in total. The number of thiophene rings is 1. The fourth-order valence-electron chi connectivity index (χ4n) is 13.4. The molecular formula is C83H98Cl4N12O12S. The van der Waals surface area contributed by atoms with Crippen molar-refractivity contribution in [2.75, 3.05) is 195 Å². The number of carbonyl (C=O) groups is 6. The number of rotatable bonds is 27. The predicted molar refractivity (Wildman–Crippen MR) is 445 cm³/mol. The molecule has 3 amide bonds. The zero-order chi connectivity index (χ0) is 80.1. The number of para-hydroxylation sites is 1. The summed E-state index contributed by atoms with van der Waals surface area (Å²) in [5.41, 5.74) is 7.42. The SMILES string of the molecule is CCOC(=O)c1c(OCCCN(C)C)nc2ccc(C)cc2c1N1CCN(C(=O)c2ccc(Cl)cc2)CC1.CCOC(=O)c1c(OCCCN(C)C)nc2ccc(Cl)cc2c1N1CCN(C(=O)c2ccc(Cl)c(Cl)c2)CC1.CCOC(=O)c1c(OCCCN(C)C)nc2ccccc2c1N1CCN(C(=O)c2cccs2)CC1. The summed E-state index contributed by atoms with van der Waals surface area (Å²) in [4.78, 5) is 112. The lowest BCUT2D eigenvalue weighted by atomic mass is 10.0. The topological polar surface area (TPSA) is 226 Å². The molecule has 0 radical (unpaired) electrons. The molecular weight excluding hydrogens is 1530 g/mol. The molecule has 0 spiro atoms. The average molecular weight is 1630 g/mol. The van der Waals surface area contributed by atoms with Crippen LogP contribution in [0.1, 0.15) is 107 Å². The quantitative estimate of drug-likeness (QED) is 0.0265. The van der Waals surface area contributed by atoms with Crippen LogP contribution in [0.3, 0.4) is 0 Å². The second-order valence-electron chi connectivity index (χ2n) is 27.7. The molecule has 0 bridgehead atoms. The van der Waals surface area contributed by atoms with Crippen LogP contribution in [0.2, 0.25) is 20.1 Å². The van der Waals surface area contributed by atoms with Crippen molar-refractivity contribution in [2.24, 2.45) is 0 Å². The number of piperazine rings is 3. The molecule has 3 fully saturated rings. The Balaban J connectivity index is 0.000000179. The van der Waals surface area contributed by atoms with Crippen LogP contribution in [-0.2, 0) is 14.2 Å². The highest BCUT2D eigenvalue weighted by Gasteiger charge is 2.35. The van der Waals surface area contributed by atoms with Crippen LogP contribution >= 0.6 is 57.7 Å². The molecule has 3 saturated heterocycles. The number of hydrogen-bond acceptors (Lipinski definition) is 22. The number of aromatic nitrogens is 3. The maximum absolute atomic E-state index is 13.3. The maximum atomic E-state index is 13.3. The van der Waals surface area contributed by atoms with Gasteiger partial charge in [-0.15, -0.1) is 11.3 Å². The van der Waals surface area contributed by atoms with Crippen LogP contribution in [0.25, 0.3) is 32.7 Å². The average Bonchev–Trinajstić information content (AvgIpc) is 0.976. The third-order valence-corrected chi connectivity index (χ3v) is 20.9. The first kappa shape index (κ1) is 85.1. The molecule has 0 saturated carbocycles. The number of aryl methyl sites for hydroxylation is 1. The second kappa shape index (κ2) is 40.9. The summed E-state index contributed by atoms with van der Waals surface area (Å²) in [5, 5.41) is 6.21. The Bertz CT molecular complexity index is 4750. The van der Waals surface area contributed by atoms with Crippen LogP contribution in [0.4, 0.5) is 17.1 Å². The molecule has 596 valence electrons. The zero-order valence-electron chi connectivity index (χ0n) is 65.2. The Kier molecular flexibility index (Phi) is 31.1. The third kappa shape index (κ3) is 21.9. The van der Waals surface area contributed by atoms with Gasteiger partial charge in [-0.2, -0.15) is 0 Å². The first-order chi connectivity index (χ1) is 54.0. The summed E-state index contributed by atoms with van der Waals surface area (Å²) < 4.78 is 34.6. The smallest absolute Gasteiger partial charge is 0.345 e. The molecule has 29 heteroatoms. The highest BCUT2D eigenvalue weighted by Crippen LogP contribution is 2.42. The van der Waals surface area contributed by atoms with E-state index in [9.17, 15) is 28.8 Å². The number of nitrogens with zero attached hydrogens (tertiary/aromatic N) is 12. The van der Waals surface area contributed by atoms with Crippen LogP contribution < -0.4 is 28.9 Å². The molecule has 12 rings (SSSR count). The van der Waals surface area contributed by atoms with E-state index in [0.29, 0.717) is 158 Å². The number of hydrogen-bond donors (Lipinski definition) is 0. The van der Waals surface area contributed by atoms with E-state index in [0.717, 1.165) is 87.9 Å². The standard InChI is InChI=1S/C29H35ClN4O4.C28H31Cl3N4O4.C26H32N4O4S/c1-5-37-29(36)25-26(33-14-16-34(17-15-33)28(35)21-8-10-22(30)11-9-21)23-19-20(2)7-12-24(23)31-27(25)38-18-6-13-32(3)4;1-4-38-28(37)24-25(20-17-19(29)7-9-23(20)32-26(24)39-15-5-10-33(2)3)34-11-13-35(14-12-34)27(36)18-6-8-21(30)22(31)16-18;1-4-33-26(32)22-23(29-13-15-30(16-14-29)25(31)21-11-7-18-35-21)19-9-5-6-10-20(19)27-24(22)34-17-8-12-28(2)3/h7-12,19H,5-6,13-18H2,1-4H3;6-9,16-17H,4-5,10-15H2,1-3H3;5-7,9-11,18H,4,8,12-17H2,1-3H3. The molecule has 5 aromatic carbocycles. The van der Waals surface area contributed by atoms with Crippen LogP contribution in [0, 0.1) is 6.92 Å². The van der Waals surface area contributed by atoms with Gasteiger partial charge in [0.25, 0.3) is 17.7 Å². The third-order valence-electron chi connectivity index (χ3n) is 18.8. The number of ether oxygens (including phenoxy) is 6. The van der Waals surface area contributed by atoms with Gasteiger partial charge in [0.05, 0.1) is 88.2 Å². The van der Waals surface area contributed by atoms with E-state index in [2.05, 4.69) is 34.4 Å². The lowest BCUT2D eigenvalue weighted by Crippen LogP contribution is -2.49. The van der Waals surface area contributed by atoms with Crippen molar-refractivity contribution in [1.29, 1.82) is 0 Å². The van der Waals surface area contributed by atoms with Gasteiger partial charge in [0, 0.05) is 136 Å². The minimum Gasteiger partial charge on any atom is -0.477 e. The first-order valence-corrected chi connectivity index (χ1v) is 40.1. The zero-order valence-corrected chi connectivity index (χ0v) is 69.0. The summed E-state index contributed by atoms with van der Waals surface area (Å²) in [6.45, 7) is 18.2. The van der Waals surface area contributed by atoms with E-state index in [1.165, 1.54) is 11.3 Å².